The first-order chi connectivity index (χ1) is 9.10. The molecule has 2 N–H and O–H groups in total. The van der Waals surface area contributed by atoms with Crippen LogP contribution in [0.25, 0.3) is 0 Å². The lowest BCUT2D eigenvalue weighted by molar-refractivity contribution is 0.479. The normalized spacial score (nSPS) is 12.2. The van der Waals surface area contributed by atoms with Crippen LogP contribution in [0.1, 0.15) is 31.0 Å². The number of aryl methyl sites for hydroxylation is 1. The summed E-state index contributed by atoms with van der Waals surface area (Å²) in [5.41, 5.74) is 8.24. The molecule has 100 valence electrons. The number of hydrogen-bond donors (Lipinski definition) is 1. The number of hydrogen-bond acceptors (Lipinski definition) is 2. The van der Waals surface area contributed by atoms with Gasteiger partial charge >= 0.3 is 0 Å². The van der Waals surface area contributed by atoms with Crippen LogP contribution < -0.4 is 10.5 Å². The van der Waals surface area contributed by atoms with E-state index in [1.165, 1.54) is 5.56 Å². The minimum Gasteiger partial charge on any atom is -0.456 e. The summed E-state index contributed by atoms with van der Waals surface area (Å²) < 4.78 is 6.77. The lowest BCUT2D eigenvalue weighted by atomic mass is 10.1. The first-order valence-electron chi connectivity index (χ1n) is 6.42. The van der Waals surface area contributed by atoms with Gasteiger partial charge in [0.15, 0.2) is 0 Å². The summed E-state index contributed by atoms with van der Waals surface area (Å²) in [7, 11) is 0. The van der Waals surface area contributed by atoms with Crippen molar-refractivity contribution in [3.05, 3.63) is 58.1 Å². The highest BCUT2D eigenvalue weighted by molar-refractivity contribution is 9.10. The van der Waals surface area contributed by atoms with Gasteiger partial charge in [-0.3, -0.25) is 0 Å². The third-order valence-corrected chi connectivity index (χ3v) is 3.66. The van der Waals surface area contributed by atoms with Gasteiger partial charge in [0.25, 0.3) is 0 Å². The summed E-state index contributed by atoms with van der Waals surface area (Å²) in [5.74, 6) is 1.64. The maximum atomic E-state index is 5.86. The zero-order valence-corrected chi connectivity index (χ0v) is 12.8. The lowest BCUT2D eigenvalue weighted by Gasteiger charge is -2.11. The molecule has 0 aliphatic rings. The van der Waals surface area contributed by atoms with Crippen LogP contribution >= 0.6 is 15.9 Å². The van der Waals surface area contributed by atoms with Crippen molar-refractivity contribution in [1.82, 2.24) is 0 Å². The fourth-order valence-electron chi connectivity index (χ4n) is 1.80. The molecule has 19 heavy (non-hydrogen) atoms. The van der Waals surface area contributed by atoms with Crippen LogP contribution in [0, 0.1) is 0 Å². The van der Waals surface area contributed by atoms with E-state index in [9.17, 15) is 0 Å². The summed E-state index contributed by atoms with van der Waals surface area (Å²) in [6.07, 6.45) is 1.03. The Kier molecular flexibility index (Phi) is 4.61. The van der Waals surface area contributed by atoms with Crippen molar-refractivity contribution in [3.63, 3.8) is 0 Å². The van der Waals surface area contributed by atoms with E-state index in [0.29, 0.717) is 0 Å². The molecular formula is C16H18BrNO. The predicted octanol–water partition coefficient (Wildman–Crippen LogP) is 4.82. The van der Waals surface area contributed by atoms with Gasteiger partial charge in [-0.1, -0.05) is 25.1 Å². The van der Waals surface area contributed by atoms with Crippen molar-refractivity contribution >= 4 is 15.9 Å². The summed E-state index contributed by atoms with van der Waals surface area (Å²) in [5, 5.41) is 0. The molecule has 0 heterocycles. The third-order valence-electron chi connectivity index (χ3n) is 3.04. The van der Waals surface area contributed by atoms with Gasteiger partial charge in [-0.15, -0.1) is 0 Å². The average molecular weight is 320 g/mol. The van der Waals surface area contributed by atoms with Crippen molar-refractivity contribution in [3.8, 4) is 11.5 Å². The van der Waals surface area contributed by atoms with Crippen LogP contribution in [0.5, 0.6) is 11.5 Å². The maximum Gasteiger partial charge on any atom is 0.141 e. The first-order valence-corrected chi connectivity index (χ1v) is 7.21. The average Bonchev–Trinajstić information content (AvgIpc) is 2.41. The van der Waals surface area contributed by atoms with E-state index in [2.05, 4.69) is 35.0 Å². The fourth-order valence-corrected chi connectivity index (χ4v) is 2.28. The molecule has 0 bridgehead atoms. The minimum absolute atomic E-state index is 0.0224. The Hall–Kier alpha value is -1.32. The lowest BCUT2D eigenvalue weighted by Crippen LogP contribution is -2.04. The highest BCUT2D eigenvalue weighted by Gasteiger charge is 2.06. The Balaban J connectivity index is 2.18. The van der Waals surface area contributed by atoms with E-state index in [1.54, 1.807) is 0 Å². The molecule has 0 aliphatic heterocycles. The SMILES string of the molecule is CCc1ccc(Oc2ccc(C(C)N)cc2Br)cc1. The molecule has 2 rings (SSSR count). The number of ether oxygens (including phenoxy) is 1. The maximum absolute atomic E-state index is 5.86. The number of nitrogens with two attached hydrogens (primary N) is 1. The molecule has 1 atom stereocenters. The van der Waals surface area contributed by atoms with Gasteiger partial charge in [0.05, 0.1) is 4.47 Å². The number of rotatable bonds is 4. The highest BCUT2D eigenvalue weighted by Crippen LogP contribution is 2.31. The molecule has 3 heteroatoms. The standard InChI is InChI=1S/C16H18BrNO/c1-3-12-4-7-14(8-5-12)19-16-9-6-13(11(2)18)10-15(16)17/h4-11H,3,18H2,1-2H3. The van der Waals surface area contributed by atoms with Crippen molar-refractivity contribution in [2.24, 2.45) is 5.73 Å². The van der Waals surface area contributed by atoms with Gasteiger partial charge < -0.3 is 10.5 Å². The van der Waals surface area contributed by atoms with Crippen molar-refractivity contribution in [2.75, 3.05) is 0 Å². The second kappa shape index (κ2) is 6.22. The molecule has 0 saturated carbocycles. The van der Waals surface area contributed by atoms with Gasteiger partial charge in [-0.05, 0) is 64.7 Å². The van der Waals surface area contributed by atoms with Crippen LogP contribution in [0.4, 0.5) is 0 Å². The van der Waals surface area contributed by atoms with Crippen LogP contribution in [0.2, 0.25) is 0 Å². The van der Waals surface area contributed by atoms with E-state index in [1.807, 2.05) is 37.3 Å². The quantitative estimate of drug-likeness (QED) is 0.876. The molecule has 0 spiro atoms. The highest BCUT2D eigenvalue weighted by atomic mass is 79.9. The van der Waals surface area contributed by atoms with E-state index < -0.39 is 0 Å². The molecule has 0 aliphatic carbocycles. The monoisotopic (exact) mass is 319 g/mol. The molecule has 1 unspecified atom stereocenters. The molecule has 0 saturated heterocycles. The third kappa shape index (κ3) is 3.58. The Morgan fingerprint density at radius 3 is 2.37 bits per heavy atom. The first kappa shape index (κ1) is 14.1. The van der Waals surface area contributed by atoms with E-state index in [4.69, 9.17) is 10.5 Å². The summed E-state index contributed by atoms with van der Waals surface area (Å²) in [6.45, 7) is 4.10. The minimum atomic E-state index is 0.0224. The molecule has 0 aromatic heterocycles. The summed E-state index contributed by atoms with van der Waals surface area (Å²) in [6, 6.07) is 14.1. The molecule has 2 aromatic carbocycles. The van der Waals surface area contributed by atoms with E-state index in [0.717, 1.165) is 28.0 Å². The second-order valence-corrected chi connectivity index (χ2v) is 5.43. The Morgan fingerprint density at radius 2 is 1.84 bits per heavy atom. The molecule has 0 fully saturated rings. The summed E-state index contributed by atoms with van der Waals surface area (Å²) in [4.78, 5) is 0. The largest absolute Gasteiger partial charge is 0.456 e. The second-order valence-electron chi connectivity index (χ2n) is 4.58. The van der Waals surface area contributed by atoms with Crippen molar-refractivity contribution < 1.29 is 4.74 Å². The molecule has 0 amide bonds. The fraction of sp³-hybridized carbons (Fsp3) is 0.250. The topological polar surface area (TPSA) is 35.2 Å². The van der Waals surface area contributed by atoms with Gasteiger partial charge in [-0.25, -0.2) is 0 Å². The Morgan fingerprint density at radius 1 is 1.16 bits per heavy atom. The van der Waals surface area contributed by atoms with Crippen LogP contribution in [-0.4, -0.2) is 0 Å². The number of benzene rings is 2. The smallest absolute Gasteiger partial charge is 0.141 e. The Labute approximate surface area is 122 Å². The van der Waals surface area contributed by atoms with Crippen LogP contribution in [-0.2, 0) is 6.42 Å². The molecule has 2 aromatic rings. The number of halogens is 1. The zero-order chi connectivity index (χ0) is 13.8. The van der Waals surface area contributed by atoms with E-state index in [-0.39, 0.29) is 6.04 Å². The van der Waals surface area contributed by atoms with Crippen molar-refractivity contribution in [2.45, 2.75) is 26.3 Å². The summed E-state index contributed by atoms with van der Waals surface area (Å²) >= 11 is 3.52. The van der Waals surface area contributed by atoms with Crippen LogP contribution in [0.15, 0.2) is 46.9 Å². The predicted molar refractivity (Wildman–Crippen MR) is 82.6 cm³/mol. The molecule has 0 radical (unpaired) electrons. The Bertz CT molecular complexity index is 549. The van der Waals surface area contributed by atoms with Gasteiger partial charge in [-0.2, -0.15) is 0 Å². The van der Waals surface area contributed by atoms with Gasteiger partial charge in [0, 0.05) is 6.04 Å². The van der Waals surface area contributed by atoms with Crippen molar-refractivity contribution in [1.29, 1.82) is 0 Å². The molecule has 2 nitrogen and oxygen atoms in total. The van der Waals surface area contributed by atoms with E-state index >= 15 is 0 Å². The van der Waals surface area contributed by atoms with Gasteiger partial charge in [0.1, 0.15) is 11.5 Å². The van der Waals surface area contributed by atoms with Gasteiger partial charge in [0.2, 0.25) is 0 Å². The molecular weight excluding hydrogens is 302 g/mol. The zero-order valence-electron chi connectivity index (χ0n) is 11.2. The van der Waals surface area contributed by atoms with Crippen LogP contribution in [0.3, 0.4) is 0 Å².